The summed E-state index contributed by atoms with van der Waals surface area (Å²) in [6, 6.07) is 7.06. The lowest BCUT2D eigenvalue weighted by Crippen LogP contribution is -2.39. The lowest BCUT2D eigenvalue weighted by Gasteiger charge is -2.12. The molecule has 0 spiro atoms. The number of carbonyl (C=O) groups excluding carboxylic acids is 1. The highest BCUT2D eigenvalue weighted by atomic mass is 16.5. The second-order valence-electron chi connectivity index (χ2n) is 5.17. The van der Waals surface area contributed by atoms with Crippen LogP contribution in [0.15, 0.2) is 36.5 Å². The van der Waals surface area contributed by atoms with Crippen molar-refractivity contribution in [3.05, 3.63) is 36.5 Å². The average Bonchev–Trinajstić information content (AvgIpc) is 2.49. The summed E-state index contributed by atoms with van der Waals surface area (Å²) < 4.78 is 10.4. The Balaban J connectivity index is 2.22. The molecule has 0 aromatic heterocycles. The van der Waals surface area contributed by atoms with Crippen molar-refractivity contribution < 1.29 is 14.3 Å². The minimum absolute atomic E-state index is 0.0587. The minimum Gasteiger partial charge on any atom is -0.497 e. The van der Waals surface area contributed by atoms with E-state index in [0.29, 0.717) is 11.7 Å². The predicted octanol–water partition coefficient (Wildman–Crippen LogP) is 2.64. The number of methoxy groups -OCH3 is 1. The van der Waals surface area contributed by atoms with Gasteiger partial charge >= 0.3 is 0 Å². The van der Waals surface area contributed by atoms with Crippen LogP contribution >= 0.6 is 0 Å². The zero-order valence-electron chi connectivity index (χ0n) is 12.9. The summed E-state index contributed by atoms with van der Waals surface area (Å²) in [7, 11) is 1.60. The molecule has 0 bridgehead atoms. The second-order valence-corrected chi connectivity index (χ2v) is 5.17. The Labute approximate surface area is 126 Å². The molecular formula is C16H24N2O3. The summed E-state index contributed by atoms with van der Waals surface area (Å²) in [6.07, 6.45) is 1.86. The molecule has 0 aliphatic carbocycles. The summed E-state index contributed by atoms with van der Waals surface area (Å²) in [5.74, 6) is 1.72. The number of carbonyl (C=O) groups is 1. The van der Waals surface area contributed by atoms with Crippen LogP contribution in [0.2, 0.25) is 0 Å². The predicted molar refractivity (Wildman–Crippen MR) is 83.0 cm³/mol. The lowest BCUT2D eigenvalue weighted by molar-refractivity contribution is -0.123. The number of hydrogen-bond donors (Lipinski definition) is 2. The van der Waals surface area contributed by atoms with E-state index in [1.165, 1.54) is 0 Å². The molecule has 0 aliphatic heterocycles. The number of nitrogens with one attached hydrogen (secondary N) is 2. The summed E-state index contributed by atoms with van der Waals surface area (Å²) in [6.45, 7) is 8.09. The molecule has 0 atom stereocenters. The van der Waals surface area contributed by atoms with Gasteiger partial charge in [-0.15, -0.1) is 0 Å². The molecule has 0 saturated carbocycles. The molecule has 116 valence electrons. The van der Waals surface area contributed by atoms with E-state index in [2.05, 4.69) is 31.3 Å². The number of allylic oxidation sites excluding steroid dienone is 1. The highest BCUT2D eigenvalue weighted by molar-refractivity contribution is 5.77. The number of hydrazine groups is 1. The Morgan fingerprint density at radius 2 is 1.81 bits per heavy atom. The molecule has 0 saturated heterocycles. The molecule has 0 aliphatic rings. The van der Waals surface area contributed by atoms with Gasteiger partial charge in [-0.3, -0.25) is 10.2 Å². The van der Waals surface area contributed by atoms with E-state index in [4.69, 9.17) is 9.47 Å². The van der Waals surface area contributed by atoms with Gasteiger partial charge in [-0.05, 0) is 43.0 Å². The van der Waals surface area contributed by atoms with E-state index in [9.17, 15) is 4.79 Å². The normalized spacial score (nSPS) is 10.1. The highest BCUT2D eigenvalue weighted by Crippen LogP contribution is 2.16. The number of hydrogen-bond acceptors (Lipinski definition) is 4. The number of ether oxygens (including phenoxy) is 2. The maximum atomic E-state index is 11.6. The molecular weight excluding hydrogens is 268 g/mol. The van der Waals surface area contributed by atoms with Crippen LogP contribution in [0.5, 0.6) is 11.5 Å². The summed E-state index contributed by atoms with van der Waals surface area (Å²) in [4.78, 5) is 11.6. The quantitative estimate of drug-likeness (QED) is 0.687. The van der Waals surface area contributed by atoms with Crippen LogP contribution in [0.3, 0.4) is 0 Å². The standard InChI is InChI=1S/C16H24N2O3/c1-12(2)5-6-13(3)17-18-16(19)11-21-15-9-7-14(20-4)8-10-15/h7-10,12,17H,3,5-6,11H2,1-2,4H3,(H,18,19). The fraction of sp³-hybridized carbons (Fsp3) is 0.438. The van der Waals surface area contributed by atoms with Gasteiger partial charge in [0.25, 0.3) is 5.91 Å². The van der Waals surface area contributed by atoms with Gasteiger partial charge in [-0.25, -0.2) is 0 Å². The van der Waals surface area contributed by atoms with E-state index in [0.717, 1.165) is 24.3 Å². The largest absolute Gasteiger partial charge is 0.497 e. The third-order valence-corrected chi connectivity index (χ3v) is 2.83. The molecule has 0 unspecified atom stereocenters. The maximum Gasteiger partial charge on any atom is 0.276 e. The van der Waals surface area contributed by atoms with Crippen molar-refractivity contribution in [3.8, 4) is 11.5 Å². The third-order valence-electron chi connectivity index (χ3n) is 2.83. The second kappa shape index (κ2) is 8.89. The summed E-state index contributed by atoms with van der Waals surface area (Å²) >= 11 is 0. The molecule has 1 rings (SSSR count). The minimum atomic E-state index is -0.253. The van der Waals surface area contributed by atoms with Crippen molar-refractivity contribution in [2.75, 3.05) is 13.7 Å². The van der Waals surface area contributed by atoms with Gasteiger partial charge in [0.05, 0.1) is 7.11 Å². The van der Waals surface area contributed by atoms with Crippen LogP contribution in [-0.4, -0.2) is 19.6 Å². The van der Waals surface area contributed by atoms with Crippen LogP contribution in [0.25, 0.3) is 0 Å². The van der Waals surface area contributed by atoms with Gasteiger partial charge < -0.3 is 14.9 Å². The van der Waals surface area contributed by atoms with Gasteiger partial charge in [-0.2, -0.15) is 0 Å². The first-order valence-corrected chi connectivity index (χ1v) is 7.00. The zero-order valence-corrected chi connectivity index (χ0v) is 12.9. The Morgan fingerprint density at radius 3 is 2.38 bits per heavy atom. The first-order valence-electron chi connectivity index (χ1n) is 7.00. The highest BCUT2D eigenvalue weighted by Gasteiger charge is 2.04. The van der Waals surface area contributed by atoms with Gasteiger partial charge in [0.15, 0.2) is 6.61 Å². The summed E-state index contributed by atoms with van der Waals surface area (Å²) in [5, 5.41) is 0. The fourth-order valence-corrected chi connectivity index (χ4v) is 1.54. The molecule has 0 fully saturated rings. The van der Waals surface area contributed by atoms with Crippen LogP contribution in [0.1, 0.15) is 26.7 Å². The summed E-state index contributed by atoms with van der Waals surface area (Å²) in [5.41, 5.74) is 6.15. The van der Waals surface area contributed by atoms with E-state index in [1.807, 2.05) is 0 Å². The zero-order chi connectivity index (χ0) is 15.7. The molecule has 2 N–H and O–H groups in total. The molecule has 5 nitrogen and oxygen atoms in total. The van der Waals surface area contributed by atoms with Gasteiger partial charge in [0.2, 0.25) is 0 Å². The molecule has 5 heteroatoms. The molecule has 1 aromatic rings. The van der Waals surface area contributed by atoms with Crippen LogP contribution in [-0.2, 0) is 4.79 Å². The van der Waals surface area contributed by atoms with E-state index in [-0.39, 0.29) is 12.5 Å². The van der Waals surface area contributed by atoms with Gasteiger partial charge in [0, 0.05) is 5.70 Å². The monoisotopic (exact) mass is 292 g/mol. The van der Waals surface area contributed by atoms with E-state index < -0.39 is 0 Å². The smallest absolute Gasteiger partial charge is 0.276 e. The maximum absolute atomic E-state index is 11.6. The van der Waals surface area contributed by atoms with Gasteiger partial charge in [0.1, 0.15) is 11.5 Å². The van der Waals surface area contributed by atoms with E-state index >= 15 is 0 Å². The Kier molecular flexibility index (Phi) is 7.15. The van der Waals surface area contributed by atoms with Crippen molar-refractivity contribution in [3.63, 3.8) is 0 Å². The van der Waals surface area contributed by atoms with Crippen molar-refractivity contribution >= 4 is 5.91 Å². The first-order chi connectivity index (χ1) is 10.0. The van der Waals surface area contributed by atoms with Crippen LogP contribution < -0.4 is 20.3 Å². The molecule has 21 heavy (non-hydrogen) atoms. The van der Waals surface area contributed by atoms with Crippen molar-refractivity contribution in [1.82, 2.24) is 10.9 Å². The molecule has 1 aromatic carbocycles. The number of rotatable bonds is 9. The topological polar surface area (TPSA) is 59.6 Å². The Bertz CT molecular complexity index is 455. The first kappa shape index (κ1) is 16.9. The Hall–Kier alpha value is -2.17. The molecule has 0 radical (unpaired) electrons. The SMILES string of the molecule is C=C(CCC(C)C)NNC(=O)COc1ccc(OC)cc1. The number of benzene rings is 1. The molecule has 1 amide bonds. The van der Waals surface area contributed by atoms with Crippen LogP contribution in [0.4, 0.5) is 0 Å². The van der Waals surface area contributed by atoms with Gasteiger partial charge in [-0.1, -0.05) is 20.4 Å². The Morgan fingerprint density at radius 1 is 1.19 bits per heavy atom. The van der Waals surface area contributed by atoms with Crippen molar-refractivity contribution in [2.24, 2.45) is 5.92 Å². The molecule has 0 heterocycles. The third kappa shape index (κ3) is 7.25. The van der Waals surface area contributed by atoms with Crippen LogP contribution in [0, 0.1) is 5.92 Å². The fourth-order valence-electron chi connectivity index (χ4n) is 1.54. The van der Waals surface area contributed by atoms with E-state index in [1.54, 1.807) is 31.4 Å². The number of amides is 1. The lowest BCUT2D eigenvalue weighted by atomic mass is 10.1. The average molecular weight is 292 g/mol. The van der Waals surface area contributed by atoms with Crippen molar-refractivity contribution in [1.29, 1.82) is 0 Å². The van der Waals surface area contributed by atoms with Crippen molar-refractivity contribution in [2.45, 2.75) is 26.7 Å².